The summed E-state index contributed by atoms with van der Waals surface area (Å²) < 4.78 is 0.951. The van der Waals surface area contributed by atoms with Gasteiger partial charge in [0.05, 0.1) is 18.2 Å². The molecule has 0 aromatic heterocycles. The maximum atomic E-state index is 13.3. The number of carbonyl (C=O) groups excluding carboxylic acids is 1. The molecule has 26 heavy (non-hydrogen) atoms. The summed E-state index contributed by atoms with van der Waals surface area (Å²) in [5.74, 6) is 3.13. The molecule has 0 radical (unpaired) electrons. The maximum Gasteiger partial charge on any atom is 0.256 e. The molecule has 3 nitrogen and oxygen atoms in total. The summed E-state index contributed by atoms with van der Waals surface area (Å²) in [5.41, 5.74) is 1.65. The van der Waals surface area contributed by atoms with E-state index in [1.54, 1.807) is 0 Å². The lowest BCUT2D eigenvalue weighted by atomic mass is 9.93. The highest BCUT2D eigenvalue weighted by molar-refractivity contribution is 14.1. The number of hydrogen-bond acceptors (Lipinski definition) is 2. The van der Waals surface area contributed by atoms with E-state index in [-0.39, 0.29) is 11.9 Å². The standard InChI is InChI=1S/C22H29IN2O/c1-4-6-15-24-17(3)21(18-11-7-8-12-18)25(16-5-2)22(26)19-13-9-10-14-20(19)23/h2,9-10,13-14,18,21,24H,3-4,6-8,11-12,15-16H2,1H3. The quantitative estimate of drug-likeness (QED) is 0.323. The van der Waals surface area contributed by atoms with E-state index in [4.69, 9.17) is 6.42 Å². The second kappa shape index (κ2) is 10.6. The van der Waals surface area contributed by atoms with Crippen LogP contribution in [0.1, 0.15) is 55.8 Å². The lowest BCUT2D eigenvalue weighted by molar-refractivity contribution is 0.0675. The number of halogens is 1. The van der Waals surface area contributed by atoms with Gasteiger partial charge in [-0.25, -0.2) is 0 Å². The van der Waals surface area contributed by atoms with Crippen molar-refractivity contribution in [3.8, 4) is 12.3 Å². The number of unbranched alkanes of at least 4 members (excludes halogenated alkanes) is 1. The minimum Gasteiger partial charge on any atom is -0.387 e. The minimum atomic E-state index is -0.0473. The first-order chi connectivity index (χ1) is 12.6. The number of carbonyl (C=O) groups is 1. The predicted molar refractivity (Wildman–Crippen MR) is 117 cm³/mol. The van der Waals surface area contributed by atoms with Crippen molar-refractivity contribution in [3.05, 3.63) is 45.7 Å². The average Bonchev–Trinajstić information content (AvgIpc) is 3.15. The van der Waals surface area contributed by atoms with Crippen LogP contribution in [0, 0.1) is 21.8 Å². The molecule has 2 rings (SSSR count). The van der Waals surface area contributed by atoms with Gasteiger partial charge >= 0.3 is 0 Å². The highest BCUT2D eigenvalue weighted by atomic mass is 127. The summed E-state index contributed by atoms with van der Waals surface area (Å²) in [6.07, 6.45) is 12.5. The highest BCUT2D eigenvalue weighted by Crippen LogP contribution is 2.33. The predicted octanol–water partition coefficient (Wildman–Crippen LogP) is 4.83. The Bertz CT molecular complexity index is 658. The fraction of sp³-hybridized carbons (Fsp3) is 0.500. The molecular formula is C22H29IN2O. The van der Waals surface area contributed by atoms with Gasteiger partial charge in [0.15, 0.2) is 0 Å². The zero-order valence-corrected chi connectivity index (χ0v) is 17.8. The van der Waals surface area contributed by atoms with Crippen molar-refractivity contribution >= 4 is 28.5 Å². The fourth-order valence-corrected chi connectivity index (χ4v) is 4.33. The van der Waals surface area contributed by atoms with Crippen molar-refractivity contribution in [1.29, 1.82) is 0 Å². The molecule has 1 amide bonds. The third-order valence-electron chi connectivity index (χ3n) is 5.05. The van der Waals surface area contributed by atoms with Crippen molar-refractivity contribution in [2.75, 3.05) is 13.1 Å². The van der Waals surface area contributed by atoms with Gasteiger partial charge in [-0.3, -0.25) is 4.79 Å². The molecule has 1 aromatic rings. The molecule has 1 unspecified atom stereocenters. The van der Waals surface area contributed by atoms with Crippen molar-refractivity contribution in [1.82, 2.24) is 10.2 Å². The van der Waals surface area contributed by atoms with Crippen molar-refractivity contribution in [2.24, 2.45) is 5.92 Å². The monoisotopic (exact) mass is 464 g/mol. The fourth-order valence-electron chi connectivity index (χ4n) is 3.71. The SMILES string of the molecule is C#CCN(C(=O)c1ccccc1I)C(C(=C)NCCCC)C1CCCC1. The first kappa shape index (κ1) is 20.8. The van der Waals surface area contributed by atoms with Gasteiger partial charge in [-0.15, -0.1) is 6.42 Å². The summed E-state index contributed by atoms with van der Waals surface area (Å²) in [6.45, 7) is 7.66. The number of amides is 1. The zero-order chi connectivity index (χ0) is 18.9. The molecule has 0 saturated heterocycles. The number of nitrogens with zero attached hydrogens (tertiary/aromatic N) is 1. The minimum absolute atomic E-state index is 0.00305. The van der Waals surface area contributed by atoms with Crippen LogP contribution in [-0.4, -0.2) is 29.9 Å². The number of terminal acetylenes is 1. The molecular weight excluding hydrogens is 435 g/mol. The van der Waals surface area contributed by atoms with Gasteiger partial charge < -0.3 is 10.2 Å². The molecule has 1 atom stereocenters. The number of rotatable bonds is 9. The number of hydrogen-bond donors (Lipinski definition) is 1. The van der Waals surface area contributed by atoms with Crippen LogP contribution in [0.4, 0.5) is 0 Å². The van der Waals surface area contributed by atoms with E-state index in [0.29, 0.717) is 18.0 Å². The van der Waals surface area contributed by atoms with E-state index in [2.05, 4.69) is 47.3 Å². The van der Waals surface area contributed by atoms with Crippen LogP contribution < -0.4 is 5.32 Å². The maximum absolute atomic E-state index is 13.3. The van der Waals surface area contributed by atoms with Gasteiger partial charge in [0.1, 0.15) is 0 Å². The van der Waals surface area contributed by atoms with Crippen LogP contribution in [0.2, 0.25) is 0 Å². The Hall–Kier alpha value is -1.48. The molecule has 1 N–H and O–H groups in total. The summed E-state index contributed by atoms with van der Waals surface area (Å²) in [6, 6.07) is 7.65. The number of nitrogens with one attached hydrogen (secondary N) is 1. The Morgan fingerprint density at radius 3 is 2.73 bits per heavy atom. The molecule has 1 aliphatic rings. The van der Waals surface area contributed by atoms with Crippen molar-refractivity contribution in [2.45, 2.75) is 51.5 Å². The Labute approximate surface area is 171 Å². The van der Waals surface area contributed by atoms with Gasteiger partial charge in [0.25, 0.3) is 5.91 Å². The first-order valence-electron chi connectivity index (χ1n) is 9.51. The van der Waals surface area contributed by atoms with E-state index in [0.717, 1.165) is 41.5 Å². The van der Waals surface area contributed by atoms with Crippen LogP contribution in [0.15, 0.2) is 36.5 Å². The third kappa shape index (κ3) is 5.26. The van der Waals surface area contributed by atoms with Crippen LogP contribution >= 0.6 is 22.6 Å². The molecule has 1 aromatic carbocycles. The topological polar surface area (TPSA) is 32.3 Å². The third-order valence-corrected chi connectivity index (χ3v) is 5.99. The Kier molecular flexibility index (Phi) is 8.50. The van der Waals surface area contributed by atoms with E-state index in [9.17, 15) is 4.79 Å². The number of benzene rings is 1. The Morgan fingerprint density at radius 1 is 1.42 bits per heavy atom. The highest BCUT2D eigenvalue weighted by Gasteiger charge is 2.35. The van der Waals surface area contributed by atoms with E-state index in [1.165, 1.54) is 12.8 Å². The molecule has 1 fully saturated rings. The molecule has 1 aliphatic carbocycles. The lowest BCUT2D eigenvalue weighted by Gasteiger charge is -2.36. The lowest BCUT2D eigenvalue weighted by Crippen LogP contribution is -2.48. The van der Waals surface area contributed by atoms with Gasteiger partial charge in [-0.2, -0.15) is 0 Å². The van der Waals surface area contributed by atoms with Crippen molar-refractivity contribution in [3.63, 3.8) is 0 Å². The second-order valence-corrected chi connectivity index (χ2v) is 8.07. The molecule has 0 bridgehead atoms. The summed E-state index contributed by atoms with van der Waals surface area (Å²) in [4.78, 5) is 15.2. The summed E-state index contributed by atoms with van der Waals surface area (Å²) in [5, 5.41) is 3.46. The van der Waals surface area contributed by atoms with E-state index >= 15 is 0 Å². The smallest absolute Gasteiger partial charge is 0.256 e. The Balaban J connectivity index is 2.30. The zero-order valence-electron chi connectivity index (χ0n) is 15.6. The van der Waals surface area contributed by atoms with E-state index < -0.39 is 0 Å². The van der Waals surface area contributed by atoms with Gasteiger partial charge in [0.2, 0.25) is 0 Å². The normalized spacial score (nSPS) is 15.3. The second-order valence-electron chi connectivity index (χ2n) is 6.91. The summed E-state index contributed by atoms with van der Waals surface area (Å²) >= 11 is 2.22. The average molecular weight is 464 g/mol. The van der Waals surface area contributed by atoms with E-state index in [1.807, 2.05) is 29.2 Å². The van der Waals surface area contributed by atoms with Gasteiger partial charge in [-0.1, -0.05) is 50.8 Å². The van der Waals surface area contributed by atoms with Gasteiger partial charge in [0, 0.05) is 15.8 Å². The van der Waals surface area contributed by atoms with Crippen LogP contribution in [0.3, 0.4) is 0 Å². The molecule has 140 valence electrons. The van der Waals surface area contributed by atoms with Crippen LogP contribution in [-0.2, 0) is 0 Å². The molecule has 4 heteroatoms. The molecule has 0 aliphatic heterocycles. The van der Waals surface area contributed by atoms with Crippen LogP contribution in [0.25, 0.3) is 0 Å². The van der Waals surface area contributed by atoms with Gasteiger partial charge in [-0.05, 0) is 59.9 Å². The first-order valence-corrected chi connectivity index (χ1v) is 10.6. The molecule has 0 heterocycles. The molecule has 0 spiro atoms. The Morgan fingerprint density at radius 2 is 2.12 bits per heavy atom. The summed E-state index contributed by atoms with van der Waals surface area (Å²) in [7, 11) is 0. The molecule has 1 saturated carbocycles. The van der Waals surface area contributed by atoms with Crippen molar-refractivity contribution < 1.29 is 4.79 Å². The van der Waals surface area contributed by atoms with Crippen LogP contribution in [0.5, 0.6) is 0 Å². The largest absolute Gasteiger partial charge is 0.387 e.